The minimum atomic E-state index is -3.68. The van der Waals surface area contributed by atoms with Gasteiger partial charge in [0.2, 0.25) is 0 Å². The molecule has 0 unspecified atom stereocenters. The third-order valence-electron chi connectivity index (χ3n) is 3.59. The Labute approximate surface area is 127 Å². The van der Waals surface area contributed by atoms with Gasteiger partial charge in [-0.15, -0.1) is 11.3 Å². The number of hydrogen-bond acceptors (Lipinski definition) is 5. The van der Waals surface area contributed by atoms with Gasteiger partial charge in [0.25, 0.3) is 10.0 Å². The largest absolute Gasteiger partial charge is 0.391 e. The van der Waals surface area contributed by atoms with Crippen LogP contribution in [0.5, 0.6) is 0 Å². The number of aliphatic hydroxyl groups is 1. The minimum absolute atomic E-state index is 0.219. The second-order valence-electron chi connectivity index (χ2n) is 5.17. The molecule has 0 aliphatic heterocycles. The van der Waals surface area contributed by atoms with Gasteiger partial charge in [0.15, 0.2) is 4.21 Å². The van der Waals surface area contributed by atoms with E-state index in [-0.39, 0.29) is 4.21 Å². The van der Waals surface area contributed by atoms with E-state index < -0.39 is 22.2 Å². The zero-order chi connectivity index (χ0) is 15.2. The lowest BCUT2D eigenvalue weighted by molar-refractivity contribution is 0.151. The summed E-state index contributed by atoms with van der Waals surface area (Å²) in [5, 5.41) is 10.9. The van der Waals surface area contributed by atoms with Crippen molar-refractivity contribution in [1.29, 1.82) is 0 Å². The summed E-state index contributed by atoms with van der Waals surface area (Å²) < 4.78 is 27.9. The van der Waals surface area contributed by atoms with Gasteiger partial charge < -0.3 is 5.11 Å². The van der Waals surface area contributed by atoms with Crippen molar-refractivity contribution in [2.24, 2.45) is 0 Å². The van der Waals surface area contributed by atoms with Crippen molar-refractivity contribution in [2.75, 3.05) is 0 Å². The highest BCUT2D eigenvalue weighted by molar-refractivity contribution is 7.91. The van der Waals surface area contributed by atoms with Gasteiger partial charge in [-0.25, -0.2) is 18.1 Å². The maximum absolute atomic E-state index is 12.5. The number of aliphatic hydroxyl groups excluding tert-OH is 1. The molecule has 0 fully saturated rings. The SMILES string of the molecule is Cc1nc(C)c(S(=O)(=O)N[C@H]2c3ccccc3C[C@H]2O)s1. The van der Waals surface area contributed by atoms with Gasteiger partial charge in [-0.2, -0.15) is 0 Å². The van der Waals surface area contributed by atoms with Crippen LogP contribution in [0.25, 0.3) is 0 Å². The summed E-state index contributed by atoms with van der Waals surface area (Å²) in [5.41, 5.74) is 2.31. The number of sulfonamides is 1. The first-order valence-electron chi connectivity index (χ1n) is 6.61. The highest BCUT2D eigenvalue weighted by Gasteiger charge is 2.35. The lowest BCUT2D eigenvalue weighted by Crippen LogP contribution is -2.33. The first-order chi connectivity index (χ1) is 9.88. The monoisotopic (exact) mass is 324 g/mol. The molecule has 1 aromatic carbocycles. The molecule has 0 saturated heterocycles. The number of rotatable bonds is 3. The fourth-order valence-electron chi connectivity index (χ4n) is 2.70. The van der Waals surface area contributed by atoms with E-state index in [0.717, 1.165) is 22.5 Å². The third-order valence-corrected chi connectivity index (χ3v) is 6.71. The lowest BCUT2D eigenvalue weighted by atomic mass is 10.1. The van der Waals surface area contributed by atoms with Gasteiger partial charge in [0.1, 0.15) is 0 Å². The van der Waals surface area contributed by atoms with E-state index in [4.69, 9.17) is 0 Å². The van der Waals surface area contributed by atoms with Crippen LogP contribution in [-0.4, -0.2) is 24.6 Å². The Morgan fingerprint density at radius 2 is 2.05 bits per heavy atom. The summed E-state index contributed by atoms with van der Waals surface area (Å²) in [6.45, 7) is 3.45. The van der Waals surface area contributed by atoms with E-state index >= 15 is 0 Å². The molecule has 1 aliphatic carbocycles. The zero-order valence-electron chi connectivity index (χ0n) is 11.7. The van der Waals surface area contributed by atoms with Gasteiger partial charge >= 0.3 is 0 Å². The van der Waals surface area contributed by atoms with E-state index in [0.29, 0.717) is 17.1 Å². The van der Waals surface area contributed by atoms with Crippen LogP contribution in [0.4, 0.5) is 0 Å². The van der Waals surface area contributed by atoms with Gasteiger partial charge in [-0.3, -0.25) is 0 Å². The molecule has 0 bridgehead atoms. The highest BCUT2D eigenvalue weighted by atomic mass is 32.2. The van der Waals surface area contributed by atoms with Gasteiger partial charge in [-0.05, 0) is 25.0 Å². The van der Waals surface area contributed by atoms with Crippen LogP contribution in [0.1, 0.15) is 27.9 Å². The Balaban J connectivity index is 1.95. The van der Waals surface area contributed by atoms with Crippen molar-refractivity contribution in [1.82, 2.24) is 9.71 Å². The Morgan fingerprint density at radius 1 is 1.33 bits per heavy atom. The molecule has 0 amide bonds. The van der Waals surface area contributed by atoms with E-state index in [2.05, 4.69) is 9.71 Å². The molecule has 7 heteroatoms. The Kier molecular flexibility index (Phi) is 3.61. The molecule has 5 nitrogen and oxygen atoms in total. The summed E-state index contributed by atoms with van der Waals surface area (Å²) >= 11 is 1.14. The van der Waals surface area contributed by atoms with E-state index in [1.165, 1.54) is 0 Å². The van der Waals surface area contributed by atoms with Crippen molar-refractivity contribution < 1.29 is 13.5 Å². The number of benzene rings is 1. The Morgan fingerprint density at radius 3 is 2.71 bits per heavy atom. The number of hydrogen-bond donors (Lipinski definition) is 2. The average Bonchev–Trinajstić information content (AvgIpc) is 2.91. The van der Waals surface area contributed by atoms with E-state index in [1.807, 2.05) is 24.3 Å². The molecule has 2 aromatic rings. The third kappa shape index (κ3) is 2.62. The fraction of sp³-hybridized carbons (Fsp3) is 0.357. The van der Waals surface area contributed by atoms with Crippen molar-refractivity contribution in [2.45, 2.75) is 36.6 Å². The van der Waals surface area contributed by atoms with Crippen LogP contribution >= 0.6 is 11.3 Å². The molecular formula is C14H16N2O3S2. The molecule has 1 aliphatic rings. The fourth-order valence-corrected chi connectivity index (χ4v) is 5.45. The summed E-state index contributed by atoms with van der Waals surface area (Å²) in [4.78, 5) is 4.15. The van der Waals surface area contributed by atoms with Crippen molar-refractivity contribution in [3.8, 4) is 0 Å². The van der Waals surface area contributed by atoms with Gasteiger partial charge in [0, 0.05) is 6.42 Å². The summed E-state index contributed by atoms with van der Waals surface area (Å²) in [5.74, 6) is 0. The Bertz CT molecular complexity index is 783. The topological polar surface area (TPSA) is 79.3 Å². The van der Waals surface area contributed by atoms with Crippen LogP contribution in [0.15, 0.2) is 28.5 Å². The van der Waals surface area contributed by atoms with Crippen molar-refractivity contribution >= 4 is 21.4 Å². The van der Waals surface area contributed by atoms with Crippen molar-refractivity contribution in [3.63, 3.8) is 0 Å². The molecule has 1 aromatic heterocycles. The molecule has 21 heavy (non-hydrogen) atoms. The zero-order valence-corrected chi connectivity index (χ0v) is 13.3. The standard InChI is InChI=1S/C14H16N2O3S2/c1-8-14(20-9(2)15-8)21(18,19)16-13-11-6-4-3-5-10(11)7-12(13)17/h3-6,12-13,16-17H,7H2,1-2H3/t12-,13+/m1/s1. The van der Waals surface area contributed by atoms with Crippen LogP contribution in [0.2, 0.25) is 0 Å². The highest BCUT2D eigenvalue weighted by Crippen LogP contribution is 2.33. The quantitative estimate of drug-likeness (QED) is 0.900. The molecule has 0 radical (unpaired) electrons. The van der Waals surface area contributed by atoms with Crippen LogP contribution in [-0.2, 0) is 16.4 Å². The number of fused-ring (bicyclic) bond motifs is 1. The van der Waals surface area contributed by atoms with Crippen LogP contribution in [0, 0.1) is 13.8 Å². The number of nitrogens with zero attached hydrogens (tertiary/aromatic N) is 1. The summed E-state index contributed by atoms with van der Waals surface area (Å²) in [7, 11) is -3.68. The van der Waals surface area contributed by atoms with Crippen molar-refractivity contribution in [3.05, 3.63) is 46.1 Å². The normalized spacial score (nSPS) is 21.5. The molecule has 2 atom stereocenters. The predicted molar refractivity (Wildman–Crippen MR) is 80.8 cm³/mol. The molecular weight excluding hydrogens is 308 g/mol. The summed E-state index contributed by atoms with van der Waals surface area (Å²) in [6.07, 6.45) is -0.282. The molecule has 0 saturated carbocycles. The predicted octanol–water partition coefficient (Wildman–Crippen LogP) is 1.70. The number of thiazole rings is 1. The number of nitrogens with one attached hydrogen (secondary N) is 1. The molecule has 112 valence electrons. The maximum atomic E-state index is 12.5. The van der Waals surface area contributed by atoms with E-state index in [9.17, 15) is 13.5 Å². The second-order valence-corrected chi connectivity index (χ2v) is 8.29. The average molecular weight is 324 g/mol. The molecule has 3 rings (SSSR count). The van der Waals surface area contributed by atoms with Crippen LogP contribution in [0.3, 0.4) is 0 Å². The maximum Gasteiger partial charge on any atom is 0.252 e. The first-order valence-corrected chi connectivity index (χ1v) is 8.90. The number of aryl methyl sites for hydroxylation is 2. The summed E-state index contributed by atoms with van der Waals surface area (Å²) in [6, 6.07) is 6.89. The Hall–Kier alpha value is -1.28. The lowest BCUT2D eigenvalue weighted by Gasteiger charge is -2.17. The molecule has 2 N–H and O–H groups in total. The number of aromatic nitrogens is 1. The smallest absolute Gasteiger partial charge is 0.252 e. The van der Waals surface area contributed by atoms with E-state index in [1.54, 1.807) is 13.8 Å². The van der Waals surface area contributed by atoms with Crippen LogP contribution < -0.4 is 4.72 Å². The van der Waals surface area contributed by atoms with Gasteiger partial charge in [-0.1, -0.05) is 24.3 Å². The molecule has 1 heterocycles. The van der Waals surface area contributed by atoms with Gasteiger partial charge in [0.05, 0.1) is 22.8 Å². The first kappa shape index (κ1) is 14.6. The second kappa shape index (κ2) is 5.17. The minimum Gasteiger partial charge on any atom is -0.391 e. The molecule has 0 spiro atoms.